The minimum absolute atomic E-state index is 0.185. The van der Waals surface area contributed by atoms with Crippen molar-refractivity contribution in [3.63, 3.8) is 0 Å². The van der Waals surface area contributed by atoms with Gasteiger partial charge >= 0.3 is 5.97 Å². The molecule has 176 valence electrons. The number of aryl methyl sites for hydroxylation is 3. The molecule has 0 spiro atoms. The topological polar surface area (TPSA) is 91.9 Å². The van der Waals surface area contributed by atoms with Crippen molar-refractivity contribution in [2.24, 2.45) is 9.98 Å². The number of allylic oxidation sites excluding steroid dienone is 4. The molecule has 0 unspecified atom stereocenters. The first-order valence-corrected chi connectivity index (χ1v) is 11.2. The first kappa shape index (κ1) is 23.6. The van der Waals surface area contributed by atoms with Gasteiger partial charge in [-0.2, -0.15) is 5.10 Å². The Kier molecular flexibility index (Phi) is 6.87. The Morgan fingerprint density at radius 3 is 2.63 bits per heavy atom. The van der Waals surface area contributed by atoms with E-state index in [1.165, 1.54) is 0 Å². The highest BCUT2D eigenvalue weighted by atomic mass is 16.4. The van der Waals surface area contributed by atoms with Crippen molar-refractivity contribution in [3.05, 3.63) is 101 Å². The quantitative estimate of drug-likeness (QED) is 0.428. The van der Waals surface area contributed by atoms with Crippen molar-refractivity contribution < 1.29 is 9.90 Å². The zero-order chi connectivity index (χ0) is 24.9. The van der Waals surface area contributed by atoms with Gasteiger partial charge in [-0.1, -0.05) is 48.6 Å². The van der Waals surface area contributed by atoms with Gasteiger partial charge in [0.1, 0.15) is 5.82 Å². The predicted octanol–water partition coefficient (Wildman–Crippen LogP) is 5.85. The first-order valence-electron chi connectivity index (χ1n) is 11.2. The van der Waals surface area contributed by atoms with Gasteiger partial charge in [-0.3, -0.25) is 9.98 Å². The number of nitrogens with one attached hydrogen (secondary N) is 1. The molecule has 2 heterocycles. The number of carbonyl (C=O) groups is 1. The molecule has 0 bridgehead atoms. The van der Waals surface area contributed by atoms with Crippen LogP contribution in [0.2, 0.25) is 0 Å². The number of para-hydroxylation sites is 1. The van der Waals surface area contributed by atoms with E-state index >= 15 is 0 Å². The number of carboxylic acids is 1. The molecule has 35 heavy (non-hydrogen) atoms. The van der Waals surface area contributed by atoms with Crippen molar-refractivity contribution in [3.8, 4) is 5.69 Å². The molecule has 0 aliphatic carbocycles. The van der Waals surface area contributed by atoms with Crippen LogP contribution >= 0.6 is 0 Å². The van der Waals surface area contributed by atoms with Crippen LogP contribution in [0.25, 0.3) is 11.3 Å². The Hall–Kier alpha value is -4.52. The second-order valence-corrected chi connectivity index (χ2v) is 8.25. The van der Waals surface area contributed by atoms with Gasteiger partial charge in [0, 0.05) is 18.0 Å². The highest BCUT2D eigenvalue weighted by molar-refractivity contribution is 6.17. The van der Waals surface area contributed by atoms with E-state index in [0.29, 0.717) is 18.1 Å². The molecule has 4 rings (SSSR count). The molecule has 7 heteroatoms. The number of nitrogens with zero attached hydrogens (tertiary/aromatic N) is 4. The Bertz CT molecular complexity index is 1420. The van der Waals surface area contributed by atoms with Crippen LogP contribution in [0.4, 0.5) is 11.5 Å². The van der Waals surface area contributed by atoms with Gasteiger partial charge in [0.2, 0.25) is 0 Å². The van der Waals surface area contributed by atoms with E-state index in [2.05, 4.69) is 21.9 Å². The highest BCUT2D eigenvalue weighted by Gasteiger charge is 2.22. The first-order chi connectivity index (χ1) is 16.9. The SMILES string of the molecule is C=CC=C(C=C1CN=CC=N1)c1c(C)nn(-c2ccccc2C)c1Nc1ccc(C)cc1C(=O)O. The maximum Gasteiger partial charge on any atom is 0.337 e. The summed E-state index contributed by atoms with van der Waals surface area (Å²) < 4.78 is 1.82. The number of anilines is 2. The third-order valence-corrected chi connectivity index (χ3v) is 5.64. The normalized spacial score (nSPS) is 14.4. The lowest BCUT2D eigenvalue weighted by atomic mass is 10.0. The zero-order valence-corrected chi connectivity index (χ0v) is 20.0. The van der Waals surface area contributed by atoms with Gasteiger partial charge in [-0.25, -0.2) is 9.48 Å². The van der Waals surface area contributed by atoms with Crippen molar-refractivity contribution in [1.82, 2.24) is 9.78 Å². The van der Waals surface area contributed by atoms with Crippen LogP contribution < -0.4 is 5.32 Å². The van der Waals surface area contributed by atoms with E-state index in [-0.39, 0.29) is 5.56 Å². The van der Waals surface area contributed by atoms with Crippen LogP contribution in [0, 0.1) is 20.8 Å². The second kappa shape index (κ2) is 10.2. The maximum atomic E-state index is 12.0. The largest absolute Gasteiger partial charge is 0.478 e. The number of rotatable bonds is 7. The van der Waals surface area contributed by atoms with Gasteiger partial charge in [-0.15, -0.1) is 0 Å². The predicted molar refractivity (Wildman–Crippen MR) is 143 cm³/mol. The summed E-state index contributed by atoms with van der Waals surface area (Å²) in [5.74, 6) is -0.355. The summed E-state index contributed by atoms with van der Waals surface area (Å²) in [6, 6.07) is 13.2. The van der Waals surface area contributed by atoms with E-state index in [9.17, 15) is 9.90 Å². The fourth-order valence-electron chi connectivity index (χ4n) is 3.99. The Morgan fingerprint density at radius 2 is 1.94 bits per heavy atom. The van der Waals surface area contributed by atoms with E-state index in [4.69, 9.17) is 5.10 Å². The van der Waals surface area contributed by atoms with Crippen LogP contribution in [0.15, 0.2) is 83.0 Å². The average Bonchev–Trinajstić information content (AvgIpc) is 3.16. The number of hydrogen-bond donors (Lipinski definition) is 2. The number of benzene rings is 2. The molecule has 1 aliphatic heterocycles. The molecule has 3 aromatic rings. The summed E-state index contributed by atoms with van der Waals surface area (Å²) in [6.45, 7) is 10.2. The van der Waals surface area contributed by atoms with Crippen molar-refractivity contribution in [2.45, 2.75) is 20.8 Å². The maximum absolute atomic E-state index is 12.0. The van der Waals surface area contributed by atoms with Crippen LogP contribution in [0.5, 0.6) is 0 Å². The fourth-order valence-corrected chi connectivity index (χ4v) is 3.99. The number of aliphatic imine (C=N–C) groups is 2. The number of carboxylic acid groups (broad SMARTS) is 1. The summed E-state index contributed by atoms with van der Waals surface area (Å²) in [7, 11) is 0. The van der Waals surface area contributed by atoms with E-state index in [0.717, 1.165) is 39.3 Å². The van der Waals surface area contributed by atoms with Gasteiger partial charge in [0.25, 0.3) is 0 Å². The molecule has 0 saturated heterocycles. The van der Waals surface area contributed by atoms with Crippen LogP contribution in [-0.4, -0.2) is 39.8 Å². The molecule has 1 aliphatic rings. The molecule has 2 N–H and O–H groups in total. The van der Waals surface area contributed by atoms with Gasteiger partial charge in [0.05, 0.1) is 34.9 Å². The van der Waals surface area contributed by atoms with E-state index in [1.54, 1.807) is 30.6 Å². The van der Waals surface area contributed by atoms with Gasteiger partial charge in [0.15, 0.2) is 0 Å². The van der Waals surface area contributed by atoms with Crippen LogP contribution in [0.1, 0.15) is 32.7 Å². The summed E-state index contributed by atoms with van der Waals surface area (Å²) in [5, 5.41) is 18.1. The van der Waals surface area contributed by atoms with E-state index < -0.39 is 5.97 Å². The molecule has 7 nitrogen and oxygen atoms in total. The summed E-state index contributed by atoms with van der Waals surface area (Å²) in [5.41, 5.74) is 6.68. The Morgan fingerprint density at radius 1 is 1.14 bits per heavy atom. The lowest BCUT2D eigenvalue weighted by Crippen LogP contribution is -2.09. The lowest BCUT2D eigenvalue weighted by molar-refractivity contribution is 0.0698. The second-order valence-electron chi connectivity index (χ2n) is 8.25. The third kappa shape index (κ3) is 5.04. The summed E-state index contributed by atoms with van der Waals surface area (Å²) >= 11 is 0. The minimum atomic E-state index is -1.00. The fraction of sp³-hybridized carbons (Fsp3) is 0.143. The number of hydrogen-bond acceptors (Lipinski definition) is 5. The van der Waals surface area contributed by atoms with Crippen LogP contribution in [0.3, 0.4) is 0 Å². The standard InChI is InChI=1S/C28H27N5O2/c1-5-8-21(16-22-17-29-13-14-30-22)26-20(4)32-33(25-10-7-6-9-19(25)3)27(26)31-24-12-11-18(2)15-23(24)28(34)35/h5-16,31H,1,17H2,2-4H3,(H,34,35). The Labute approximate surface area is 204 Å². The summed E-state index contributed by atoms with van der Waals surface area (Å²) in [6.07, 6.45) is 8.90. The molecule has 0 atom stereocenters. The van der Waals surface area contributed by atoms with Crippen molar-refractivity contribution in [1.29, 1.82) is 0 Å². The highest BCUT2D eigenvalue weighted by Crippen LogP contribution is 2.35. The molecule has 0 fully saturated rings. The van der Waals surface area contributed by atoms with Crippen molar-refractivity contribution >= 4 is 35.5 Å². The Balaban J connectivity index is 1.96. The number of aromatic nitrogens is 2. The molecular formula is C28H27N5O2. The van der Waals surface area contributed by atoms with Gasteiger partial charge < -0.3 is 10.4 Å². The number of aromatic carboxylic acids is 1. The molecular weight excluding hydrogens is 438 g/mol. The van der Waals surface area contributed by atoms with Crippen molar-refractivity contribution in [2.75, 3.05) is 11.9 Å². The smallest absolute Gasteiger partial charge is 0.337 e. The molecule has 0 saturated carbocycles. The zero-order valence-electron chi connectivity index (χ0n) is 20.0. The molecule has 0 radical (unpaired) electrons. The third-order valence-electron chi connectivity index (χ3n) is 5.64. The molecule has 0 amide bonds. The minimum Gasteiger partial charge on any atom is -0.478 e. The molecule has 1 aromatic heterocycles. The molecule has 2 aromatic carbocycles. The monoisotopic (exact) mass is 465 g/mol. The van der Waals surface area contributed by atoms with E-state index in [1.807, 2.05) is 67.9 Å². The van der Waals surface area contributed by atoms with Gasteiger partial charge in [-0.05, 0) is 56.2 Å². The summed E-state index contributed by atoms with van der Waals surface area (Å²) in [4.78, 5) is 20.8. The van der Waals surface area contributed by atoms with Crippen LogP contribution in [-0.2, 0) is 0 Å². The average molecular weight is 466 g/mol. The lowest BCUT2D eigenvalue weighted by Gasteiger charge is -2.16.